The molecule has 0 bridgehead atoms. The Bertz CT molecular complexity index is 722. The van der Waals surface area contributed by atoms with Gasteiger partial charge in [-0.1, -0.05) is 18.1 Å². The van der Waals surface area contributed by atoms with Crippen molar-refractivity contribution < 1.29 is 4.74 Å². The van der Waals surface area contributed by atoms with E-state index in [9.17, 15) is 0 Å². The molecule has 1 N–H and O–H groups in total. The van der Waals surface area contributed by atoms with E-state index in [4.69, 9.17) is 11.2 Å². The number of fused-ring (bicyclic) bond motifs is 1. The number of ether oxygens (including phenoxy) is 1. The first-order valence-electron chi connectivity index (χ1n) is 5.85. The molecule has 0 saturated carbocycles. The molecule has 19 heavy (non-hydrogen) atoms. The number of hydrogen-bond acceptors (Lipinski definition) is 3. The van der Waals surface area contributed by atoms with Crippen LogP contribution in [0.15, 0.2) is 42.6 Å². The predicted octanol–water partition coefficient (Wildman–Crippen LogP) is 2.64. The van der Waals surface area contributed by atoms with Gasteiger partial charge in [-0.05, 0) is 24.3 Å². The van der Waals surface area contributed by atoms with E-state index in [2.05, 4.69) is 20.9 Å². The zero-order valence-corrected chi connectivity index (χ0v) is 10.1. The summed E-state index contributed by atoms with van der Waals surface area (Å²) in [5.41, 5.74) is 2.45. The molecule has 4 heteroatoms. The summed E-state index contributed by atoms with van der Waals surface area (Å²) < 4.78 is 5.52. The molecule has 0 saturated heterocycles. The van der Waals surface area contributed by atoms with Crippen molar-refractivity contribution in [2.24, 2.45) is 0 Å². The van der Waals surface area contributed by atoms with Gasteiger partial charge in [0.15, 0.2) is 5.65 Å². The van der Waals surface area contributed by atoms with Gasteiger partial charge in [0.2, 0.25) is 0 Å². The van der Waals surface area contributed by atoms with Crippen molar-refractivity contribution in [1.29, 1.82) is 0 Å². The second-order valence-electron chi connectivity index (χ2n) is 3.95. The van der Waals surface area contributed by atoms with E-state index < -0.39 is 0 Å². The Balaban J connectivity index is 2.08. The molecule has 3 rings (SSSR count). The number of benzene rings is 1. The fourth-order valence-corrected chi connectivity index (χ4v) is 1.88. The highest BCUT2D eigenvalue weighted by atomic mass is 16.5. The van der Waals surface area contributed by atoms with Gasteiger partial charge < -0.3 is 9.72 Å². The highest BCUT2D eigenvalue weighted by Crippen LogP contribution is 2.28. The lowest BCUT2D eigenvalue weighted by Gasteiger charge is -2.06. The third kappa shape index (κ3) is 2.14. The van der Waals surface area contributed by atoms with Crippen molar-refractivity contribution in [3.8, 4) is 29.5 Å². The Morgan fingerprint density at radius 3 is 2.95 bits per heavy atom. The minimum Gasteiger partial charge on any atom is -0.480 e. The van der Waals surface area contributed by atoms with E-state index in [-0.39, 0.29) is 6.61 Å². The summed E-state index contributed by atoms with van der Waals surface area (Å²) in [7, 11) is 0. The smallest absolute Gasteiger partial charge is 0.178 e. The number of imidazole rings is 1. The normalized spacial score (nSPS) is 10.3. The average molecular weight is 249 g/mol. The molecule has 92 valence electrons. The summed E-state index contributed by atoms with van der Waals surface area (Å²) in [6.07, 6.45) is 6.93. The second-order valence-corrected chi connectivity index (χ2v) is 3.95. The first-order valence-corrected chi connectivity index (χ1v) is 5.85. The fraction of sp³-hybridized carbons (Fsp3) is 0.0667. The van der Waals surface area contributed by atoms with Gasteiger partial charge in [0.25, 0.3) is 0 Å². The molecule has 0 unspecified atom stereocenters. The van der Waals surface area contributed by atoms with Gasteiger partial charge in [0, 0.05) is 6.20 Å². The van der Waals surface area contributed by atoms with E-state index in [0.717, 1.165) is 16.9 Å². The summed E-state index contributed by atoms with van der Waals surface area (Å²) in [4.78, 5) is 11.9. The van der Waals surface area contributed by atoms with Crippen molar-refractivity contribution in [2.45, 2.75) is 0 Å². The molecule has 0 aliphatic rings. The number of hydrogen-bond donors (Lipinski definition) is 1. The average Bonchev–Trinajstić information content (AvgIpc) is 2.89. The van der Waals surface area contributed by atoms with Crippen molar-refractivity contribution in [2.75, 3.05) is 6.61 Å². The number of aromatic amines is 1. The highest BCUT2D eigenvalue weighted by molar-refractivity contribution is 5.77. The van der Waals surface area contributed by atoms with Gasteiger partial charge in [0.1, 0.15) is 18.2 Å². The molecule has 0 fully saturated rings. The first-order chi connectivity index (χ1) is 9.38. The van der Waals surface area contributed by atoms with E-state index >= 15 is 0 Å². The van der Waals surface area contributed by atoms with Crippen LogP contribution in [-0.2, 0) is 0 Å². The Morgan fingerprint density at radius 1 is 1.21 bits per heavy atom. The van der Waals surface area contributed by atoms with Crippen molar-refractivity contribution in [1.82, 2.24) is 15.0 Å². The number of rotatable bonds is 3. The van der Waals surface area contributed by atoms with Crippen molar-refractivity contribution in [3.05, 3.63) is 42.6 Å². The maximum atomic E-state index is 5.52. The zero-order valence-electron chi connectivity index (χ0n) is 10.1. The third-order valence-corrected chi connectivity index (χ3v) is 2.71. The van der Waals surface area contributed by atoms with Gasteiger partial charge in [0.05, 0.1) is 11.1 Å². The zero-order chi connectivity index (χ0) is 13.1. The van der Waals surface area contributed by atoms with Crippen LogP contribution in [0.4, 0.5) is 0 Å². The van der Waals surface area contributed by atoms with Crippen LogP contribution in [0.25, 0.3) is 22.6 Å². The highest BCUT2D eigenvalue weighted by Gasteiger charge is 2.10. The minimum absolute atomic E-state index is 0.232. The Labute approximate surface area is 110 Å². The maximum absolute atomic E-state index is 5.52. The van der Waals surface area contributed by atoms with Gasteiger partial charge in [-0.3, -0.25) is 0 Å². The largest absolute Gasteiger partial charge is 0.480 e. The quantitative estimate of drug-likeness (QED) is 0.726. The number of para-hydroxylation sites is 1. The maximum Gasteiger partial charge on any atom is 0.178 e. The van der Waals surface area contributed by atoms with Crippen LogP contribution in [0.3, 0.4) is 0 Å². The number of pyridine rings is 1. The molecule has 0 atom stereocenters. The van der Waals surface area contributed by atoms with Gasteiger partial charge in [-0.25, -0.2) is 9.97 Å². The van der Waals surface area contributed by atoms with Crippen molar-refractivity contribution >= 4 is 11.2 Å². The monoisotopic (exact) mass is 249 g/mol. The molecular formula is C15H11N3O. The Kier molecular flexibility index (Phi) is 2.87. The van der Waals surface area contributed by atoms with Crippen LogP contribution in [0, 0.1) is 12.3 Å². The van der Waals surface area contributed by atoms with Crippen LogP contribution < -0.4 is 4.74 Å². The van der Waals surface area contributed by atoms with Gasteiger partial charge in [-0.2, -0.15) is 0 Å². The molecule has 0 radical (unpaired) electrons. The summed E-state index contributed by atoms with van der Waals surface area (Å²) in [6, 6.07) is 11.4. The standard InChI is InChI=1S/C15H11N3O/c1-2-10-19-13-8-4-3-6-11(13)14-17-12-7-5-9-16-15(12)18-14/h1,3-9H,10H2,(H,16,17,18). The van der Waals surface area contributed by atoms with E-state index in [0.29, 0.717) is 11.4 Å². The lowest BCUT2D eigenvalue weighted by atomic mass is 10.2. The lowest BCUT2D eigenvalue weighted by Crippen LogP contribution is -1.96. The molecule has 0 aliphatic heterocycles. The van der Waals surface area contributed by atoms with Crippen LogP contribution in [0.1, 0.15) is 0 Å². The molecule has 1 aromatic carbocycles. The molecule has 0 spiro atoms. The number of nitrogens with one attached hydrogen (secondary N) is 1. The summed E-state index contributed by atoms with van der Waals surface area (Å²) >= 11 is 0. The topological polar surface area (TPSA) is 50.8 Å². The third-order valence-electron chi connectivity index (χ3n) is 2.71. The predicted molar refractivity (Wildman–Crippen MR) is 73.7 cm³/mol. The first kappa shape index (κ1) is 11.3. The fourth-order valence-electron chi connectivity index (χ4n) is 1.88. The van der Waals surface area contributed by atoms with E-state index in [1.165, 1.54) is 0 Å². The summed E-state index contributed by atoms with van der Waals surface area (Å²) in [5, 5.41) is 0. The lowest BCUT2D eigenvalue weighted by molar-refractivity contribution is 0.371. The number of H-pyrrole nitrogens is 1. The molecule has 2 aromatic heterocycles. The number of terminal acetylenes is 1. The molecule has 3 aromatic rings. The van der Waals surface area contributed by atoms with Gasteiger partial charge >= 0.3 is 0 Å². The van der Waals surface area contributed by atoms with Crippen LogP contribution in [-0.4, -0.2) is 21.6 Å². The van der Waals surface area contributed by atoms with Crippen LogP contribution in [0.5, 0.6) is 5.75 Å². The molecule has 2 heterocycles. The molecule has 0 aliphatic carbocycles. The summed E-state index contributed by atoms with van der Waals surface area (Å²) in [5.74, 6) is 3.89. The Hall–Kier alpha value is -2.80. The summed E-state index contributed by atoms with van der Waals surface area (Å²) in [6.45, 7) is 0.232. The number of nitrogens with zero attached hydrogens (tertiary/aromatic N) is 2. The number of aromatic nitrogens is 3. The molecule has 4 nitrogen and oxygen atoms in total. The van der Waals surface area contributed by atoms with Crippen molar-refractivity contribution in [3.63, 3.8) is 0 Å². The van der Waals surface area contributed by atoms with E-state index in [1.54, 1.807) is 6.20 Å². The SMILES string of the molecule is C#CCOc1ccccc1-c1nc2ncccc2[nH]1. The minimum atomic E-state index is 0.232. The second kappa shape index (κ2) is 4.83. The van der Waals surface area contributed by atoms with Crippen LogP contribution >= 0.6 is 0 Å². The van der Waals surface area contributed by atoms with Gasteiger partial charge in [-0.15, -0.1) is 6.42 Å². The van der Waals surface area contributed by atoms with E-state index in [1.807, 2.05) is 36.4 Å². The Morgan fingerprint density at radius 2 is 2.11 bits per heavy atom. The van der Waals surface area contributed by atoms with Crippen LogP contribution in [0.2, 0.25) is 0 Å². The molecule has 0 amide bonds. The molecular weight excluding hydrogens is 238 g/mol.